The minimum Gasteiger partial charge on any atom is -0.495 e. The van der Waals surface area contributed by atoms with Gasteiger partial charge in [-0.1, -0.05) is 11.6 Å². The van der Waals surface area contributed by atoms with Gasteiger partial charge in [-0.2, -0.15) is 0 Å². The quantitative estimate of drug-likeness (QED) is 0.796. The molecule has 0 radical (unpaired) electrons. The van der Waals surface area contributed by atoms with E-state index < -0.39 is 0 Å². The Bertz CT molecular complexity index is 525. The Morgan fingerprint density at radius 3 is 2.50 bits per heavy atom. The third kappa shape index (κ3) is 2.88. The minimum absolute atomic E-state index is 0.0578. The van der Waals surface area contributed by atoms with Gasteiger partial charge in [-0.3, -0.25) is 9.59 Å². The monoisotopic (exact) mass is 296 g/mol. The Kier molecular flexibility index (Phi) is 4.49. The zero-order valence-electron chi connectivity index (χ0n) is 11.6. The first-order valence-electron chi connectivity index (χ1n) is 6.39. The van der Waals surface area contributed by atoms with Crippen LogP contribution in [0.1, 0.15) is 15.9 Å². The molecule has 0 unspecified atom stereocenters. The van der Waals surface area contributed by atoms with Gasteiger partial charge in [-0.25, -0.2) is 0 Å². The van der Waals surface area contributed by atoms with E-state index in [0.717, 1.165) is 12.0 Å². The van der Waals surface area contributed by atoms with Crippen molar-refractivity contribution in [3.8, 4) is 5.75 Å². The van der Waals surface area contributed by atoms with Crippen molar-refractivity contribution >= 4 is 23.9 Å². The number of piperazine rings is 1. The van der Waals surface area contributed by atoms with Crippen molar-refractivity contribution in [2.24, 2.45) is 0 Å². The van der Waals surface area contributed by atoms with Crippen LogP contribution >= 0.6 is 11.6 Å². The summed E-state index contributed by atoms with van der Waals surface area (Å²) >= 11 is 6.08. The predicted molar refractivity (Wildman–Crippen MR) is 76.3 cm³/mol. The van der Waals surface area contributed by atoms with Crippen LogP contribution in [0.5, 0.6) is 5.75 Å². The van der Waals surface area contributed by atoms with Gasteiger partial charge in [-0.15, -0.1) is 0 Å². The van der Waals surface area contributed by atoms with E-state index in [1.807, 2.05) is 6.92 Å². The van der Waals surface area contributed by atoms with Crippen LogP contribution in [0.15, 0.2) is 12.1 Å². The van der Waals surface area contributed by atoms with E-state index in [0.29, 0.717) is 42.5 Å². The summed E-state index contributed by atoms with van der Waals surface area (Å²) in [5.41, 5.74) is 1.41. The number of hydrogen-bond donors (Lipinski definition) is 0. The fraction of sp³-hybridized carbons (Fsp3) is 0.429. The Morgan fingerprint density at radius 1 is 1.30 bits per heavy atom. The van der Waals surface area contributed by atoms with Crippen LogP contribution in [0.25, 0.3) is 0 Å². The summed E-state index contributed by atoms with van der Waals surface area (Å²) in [6.45, 7) is 4.07. The number of nitrogens with zero attached hydrogens (tertiary/aromatic N) is 2. The summed E-state index contributed by atoms with van der Waals surface area (Å²) in [5.74, 6) is 0.504. The highest BCUT2D eigenvalue weighted by Gasteiger charge is 2.23. The highest BCUT2D eigenvalue weighted by atomic mass is 35.5. The van der Waals surface area contributed by atoms with Crippen LogP contribution < -0.4 is 4.74 Å². The van der Waals surface area contributed by atoms with Crippen LogP contribution in [0.2, 0.25) is 5.02 Å². The zero-order chi connectivity index (χ0) is 14.7. The maximum absolute atomic E-state index is 12.5. The largest absolute Gasteiger partial charge is 0.495 e. The molecule has 2 rings (SSSR count). The maximum atomic E-state index is 12.5. The van der Waals surface area contributed by atoms with E-state index in [4.69, 9.17) is 16.3 Å². The molecule has 108 valence electrons. The number of methoxy groups -OCH3 is 1. The lowest BCUT2D eigenvalue weighted by molar-refractivity contribution is -0.119. The van der Waals surface area contributed by atoms with Gasteiger partial charge in [0.2, 0.25) is 6.41 Å². The average Bonchev–Trinajstić information content (AvgIpc) is 2.48. The first kappa shape index (κ1) is 14.7. The van der Waals surface area contributed by atoms with Crippen molar-refractivity contribution in [3.63, 3.8) is 0 Å². The molecule has 5 nitrogen and oxygen atoms in total. The first-order chi connectivity index (χ1) is 9.56. The molecule has 6 heteroatoms. The van der Waals surface area contributed by atoms with Gasteiger partial charge in [0.1, 0.15) is 5.75 Å². The number of carbonyl (C=O) groups is 2. The highest BCUT2D eigenvalue weighted by molar-refractivity contribution is 6.32. The van der Waals surface area contributed by atoms with E-state index in [1.165, 1.54) is 0 Å². The molecule has 1 fully saturated rings. The molecule has 1 saturated heterocycles. The van der Waals surface area contributed by atoms with Crippen molar-refractivity contribution in [2.45, 2.75) is 6.92 Å². The van der Waals surface area contributed by atoms with Crippen LogP contribution in [0.3, 0.4) is 0 Å². The standard InChI is InChI=1S/C14H17ClN2O3/c1-10-7-13(20-2)12(15)8-11(10)14(19)17-5-3-16(9-18)4-6-17/h7-9H,3-6H2,1-2H3. The average molecular weight is 297 g/mol. The highest BCUT2D eigenvalue weighted by Crippen LogP contribution is 2.28. The molecule has 0 spiro atoms. The number of benzene rings is 1. The van der Waals surface area contributed by atoms with Crippen molar-refractivity contribution < 1.29 is 14.3 Å². The molecular weight excluding hydrogens is 280 g/mol. The van der Waals surface area contributed by atoms with Gasteiger partial charge in [0.05, 0.1) is 12.1 Å². The van der Waals surface area contributed by atoms with Gasteiger partial charge in [0.15, 0.2) is 0 Å². The summed E-state index contributed by atoms with van der Waals surface area (Å²) in [6, 6.07) is 3.40. The molecule has 0 aliphatic carbocycles. The molecule has 0 bridgehead atoms. The summed E-state index contributed by atoms with van der Waals surface area (Å²) in [7, 11) is 1.54. The van der Waals surface area contributed by atoms with Crippen molar-refractivity contribution in [3.05, 3.63) is 28.3 Å². The van der Waals surface area contributed by atoms with Crippen LogP contribution in [0.4, 0.5) is 0 Å². The number of amides is 2. The van der Waals surface area contributed by atoms with Crippen molar-refractivity contribution in [2.75, 3.05) is 33.3 Å². The minimum atomic E-state index is -0.0578. The van der Waals surface area contributed by atoms with Crippen LogP contribution in [-0.2, 0) is 4.79 Å². The van der Waals surface area contributed by atoms with Gasteiger partial charge >= 0.3 is 0 Å². The van der Waals surface area contributed by atoms with Crippen molar-refractivity contribution in [1.29, 1.82) is 0 Å². The van der Waals surface area contributed by atoms with Crippen LogP contribution in [0, 0.1) is 6.92 Å². The number of halogens is 1. The summed E-state index contributed by atoms with van der Waals surface area (Å²) in [5, 5.41) is 0.424. The number of carbonyl (C=O) groups excluding carboxylic acids is 2. The number of hydrogen-bond acceptors (Lipinski definition) is 3. The molecule has 2 amide bonds. The SMILES string of the molecule is COc1cc(C)c(C(=O)N2CCN(C=O)CC2)cc1Cl. The second kappa shape index (κ2) is 6.13. The fourth-order valence-electron chi connectivity index (χ4n) is 2.24. The van der Waals surface area contributed by atoms with E-state index in [9.17, 15) is 9.59 Å². The molecular formula is C14H17ClN2O3. The molecule has 1 aromatic rings. The molecule has 1 aliphatic rings. The maximum Gasteiger partial charge on any atom is 0.254 e. The Morgan fingerprint density at radius 2 is 1.95 bits per heavy atom. The Labute approximate surface area is 123 Å². The molecule has 1 heterocycles. The fourth-order valence-corrected chi connectivity index (χ4v) is 2.48. The van der Waals surface area contributed by atoms with Gasteiger partial charge < -0.3 is 14.5 Å². The Balaban J connectivity index is 2.17. The topological polar surface area (TPSA) is 49.9 Å². The lowest BCUT2D eigenvalue weighted by atomic mass is 10.1. The van der Waals surface area contributed by atoms with Gasteiger partial charge in [-0.05, 0) is 24.6 Å². The van der Waals surface area contributed by atoms with Crippen molar-refractivity contribution in [1.82, 2.24) is 9.80 Å². The molecule has 0 N–H and O–H groups in total. The zero-order valence-corrected chi connectivity index (χ0v) is 12.3. The summed E-state index contributed by atoms with van der Waals surface area (Å²) in [4.78, 5) is 26.6. The molecule has 1 aliphatic heterocycles. The smallest absolute Gasteiger partial charge is 0.254 e. The van der Waals surface area contributed by atoms with E-state index in [2.05, 4.69) is 0 Å². The number of aryl methyl sites for hydroxylation is 1. The molecule has 1 aromatic carbocycles. The number of rotatable bonds is 3. The van der Waals surface area contributed by atoms with Gasteiger partial charge in [0.25, 0.3) is 5.91 Å². The third-order valence-electron chi connectivity index (χ3n) is 3.48. The molecule has 0 aromatic heterocycles. The molecule has 0 saturated carbocycles. The lowest BCUT2D eigenvalue weighted by Gasteiger charge is -2.33. The summed E-state index contributed by atoms with van der Waals surface area (Å²) in [6.07, 6.45) is 0.817. The van der Waals surface area contributed by atoms with E-state index >= 15 is 0 Å². The Hall–Kier alpha value is -1.75. The second-order valence-corrected chi connectivity index (χ2v) is 5.14. The second-order valence-electron chi connectivity index (χ2n) is 4.74. The molecule has 20 heavy (non-hydrogen) atoms. The first-order valence-corrected chi connectivity index (χ1v) is 6.77. The van der Waals surface area contributed by atoms with E-state index in [-0.39, 0.29) is 5.91 Å². The third-order valence-corrected chi connectivity index (χ3v) is 3.78. The normalized spacial score (nSPS) is 15.2. The van der Waals surface area contributed by atoms with Gasteiger partial charge in [0, 0.05) is 31.7 Å². The lowest BCUT2D eigenvalue weighted by Crippen LogP contribution is -2.48. The number of ether oxygens (including phenoxy) is 1. The predicted octanol–water partition coefficient (Wildman–Crippen LogP) is 1.57. The summed E-state index contributed by atoms with van der Waals surface area (Å²) < 4.78 is 5.13. The van der Waals surface area contributed by atoms with E-state index in [1.54, 1.807) is 29.0 Å². The van der Waals surface area contributed by atoms with Crippen LogP contribution in [-0.4, -0.2) is 55.4 Å². The molecule has 0 atom stereocenters.